The molecule has 2 heterocycles. The molecule has 1 fully saturated rings. The number of nitrogens with zero attached hydrogens (tertiary/aromatic N) is 2. The molecule has 0 radical (unpaired) electrons. The molecule has 10 heteroatoms. The van der Waals surface area contributed by atoms with Gasteiger partial charge >= 0.3 is 11.8 Å². The number of hydrogen-bond acceptors (Lipinski definition) is 6. The maximum absolute atomic E-state index is 12.4. The number of benzene rings is 1. The monoisotopic (exact) mass is 428 g/mol. The molecular weight excluding hydrogens is 400 g/mol. The van der Waals surface area contributed by atoms with Gasteiger partial charge in [-0.25, -0.2) is 4.68 Å². The number of anilines is 1. The van der Waals surface area contributed by atoms with Gasteiger partial charge in [0.1, 0.15) is 11.6 Å². The van der Waals surface area contributed by atoms with Gasteiger partial charge in [0.25, 0.3) is 0 Å². The number of ether oxygens (including phenoxy) is 1. The SMILES string of the molecule is CCC1C(=O)NC(n2nc(C)cc2NC(=O)C(=O)NCc2ccc(OC)cc2)NC1C. The van der Waals surface area contributed by atoms with Crippen LogP contribution in [-0.2, 0) is 20.9 Å². The molecule has 10 nitrogen and oxygen atoms in total. The molecule has 0 spiro atoms. The van der Waals surface area contributed by atoms with E-state index >= 15 is 0 Å². The summed E-state index contributed by atoms with van der Waals surface area (Å²) in [5.41, 5.74) is 1.46. The lowest BCUT2D eigenvalue weighted by atomic mass is 9.95. The van der Waals surface area contributed by atoms with Crippen molar-refractivity contribution in [1.82, 2.24) is 25.7 Å². The van der Waals surface area contributed by atoms with Crippen molar-refractivity contribution >= 4 is 23.5 Å². The molecule has 3 unspecified atom stereocenters. The summed E-state index contributed by atoms with van der Waals surface area (Å²) in [6.07, 6.45) is 0.0830. The first-order valence-electron chi connectivity index (χ1n) is 10.2. The fourth-order valence-electron chi connectivity index (χ4n) is 3.53. The highest BCUT2D eigenvalue weighted by Crippen LogP contribution is 2.21. The van der Waals surface area contributed by atoms with Crippen molar-refractivity contribution in [2.75, 3.05) is 12.4 Å². The molecule has 166 valence electrons. The first kappa shape index (κ1) is 22.3. The zero-order valence-corrected chi connectivity index (χ0v) is 18.1. The molecule has 1 aliphatic rings. The minimum absolute atomic E-state index is 0.0652. The molecule has 0 saturated carbocycles. The van der Waals surface area contributed by atoms with Crippen LogP contribution in [-0.4, -0.2) is 40.7 Å². The summed E-state index contributed by atoms with van der Waals surface area (Å²) in [5.74, 6) is -0.810. The minimum atomic E-state index is -0.823. The van der Waals surface area contributed by atoms with Crippen LogP contribution >= 0.6 is 0 Å². The van der Waals surface area contributed by atoms with E-state index in [9.17, 15) is 14.4 Å². The van der Waals surface area contributed by atoms with Gasteiger partial charge < -0.3 is 20.7 Å². The summed E-state index contributed by atoms with van der Waals surface area (Å²) < 4.78 is 6.56. The fourth-order valence-corrected chi connectivity index (χ4v) is 3.53. The lowest BCUT2D eigenvalue weighted by Crippen LogP contribution is -2.57. The van der Waals surface area contributed by atoms with Crippen molar-refractivity contribution in [3.05, 3.63) is 41.6 Å². The Balaban J connectivity index is 1.63. The Labute approximate surface area is 180 Å². The van der Waals surface area contributed by atoms with Crippen molar-refractivity contribution in [2.24, 2.45) is 5.92 Å². The van der Waals surface area contributed by atoms with E-state index in [1.807, 2.05) is 13.8 Å². The van der Waals surface area contributed by atoms with Crippen molar-refractivity contribution in [3.63, 3.8) is 0 Å². The van der Waals surface area contributed by atoms with E-state index in [1.54, 1.807) is 44.4 Å². The van der Waals surface area contributed by atoms with Crippen LogP contribution in [0.2, 0.25) is 0 Å². The molecule has 3 rings (SSSR count). The molecule has 1 aromatic carbocycles. The molecule has 31 heavy (non-hydrogen) atoms. The van der Waals surface area contributed by atoms with E-state index < -0.39 is 18.1 Å². The molecule has 1 aromatic heterocycles. The maximum atomic E-state index is 12.4. The summed E-state index contributed by atoms with van der Waals surface area (Å²) in [6, 6.07) is 8.73. The number of hydrogen-bond donors (Lipinski definition) is 4. The van der Waals surface area contributed by atoms with Gasteiger partial charge in [0.15, 0.2) is 6.29 Å². The van der Waals surface area contributed by atoms with E-state index in [-0.39, 0.29) is 24.4 Å². The van der Waals surface area contributed by atoms with Crippen LogP contribution in [0.1, 0.15) is 37.8 Å². The normalized spacial score (nSPS) is 20.6. The summed E-state index contributed by atoms with van der Waals surface area (Å²) in [4.78, 5) is 37.1. The molecule has 3 atom stereocenters. The Morgan fingerprint density at radius 2 is 1.94 bits per heavy atom. The van der Waals surface area contributed by atoms with E-state index in [2.05, 4.69) is 26.4 Å². The number of aryl methyl sites for hydroxylation is 1. The molecule has 0 aliphatic carbocycles. The van der Waals surface area contributed by atoms with Crippen molar-refractivity contribution in [3.8, 4) is 5.75 Å². The van der Waals surface area contributed by atoms with Gasteiger partial charge in [0, 0.05) is 18.7 Å². The lowest BCUT2D eigenvalue weighted by molar-refractivity contribution is -0.136. The second kappa shape index (κ2) is 9.61. The second-order valence-electron chi connectivity index (χ2n) is 7.48. The first-order valence-corrected chi connectivity index (χ1v) is 10.2. The van der Waals surface area contributed by atoms with Crippen molar-refractivity contribution in [2.45, 2.75) is 46.1 Å². The van der Waals surface area contributed by atoms with Gasteiger partial charge in [0.2, 0.25) is 5.91 Å². The topological polar surface area (TPSA) is 126 Å². The van der Waals surface area contributed by atoms with Crippen LogP contribution < -0.4 is 26.0 Å². The third kappa shape index (κ3) is 5.21. The highest BCUT2D eigenvalue weighted by atomic mass is 16.5. The number of aromatic nitrogens is 2. The van der Waals surface area contributed by atoms with Gasteiger partial charge in [-0.2, -0.15) is 5.10 Å². The fraction of sp³-hybridized carbons (Fsp3) is 0.429. The number of methoxy groups -OCH3 is 1. The highest BCUT2D eigenvalue weighted by molar-refractivity contribution is 6.39. The third-order valence-electron chi connectivity index (χ3n) is 5.24. The van der Waals surface area contributed by atoms with E-state index in [4.69, 9.17) is 4.74 Å². The number of carbonyl (C=O) groups excluding carboxylic acids is 3. The number of rotatable bonds is 6. The quantitative estimate of drug-likeness (QED) is 0.510. The van der Waals surface area contributed by atoms with Crippen molar-refractivity contribution in [1.29, 1.82) is 0 Å². The summed E-state index contributed by atoms with van der Waals surface area (Å²) in [7, 11) is 1.57. The Kier molecular flexibility index (Phi) is 6.91. The predicted molar refractivity (Wildman–Crippen MR) is 114 cm³/mol. The Morgan fingerprint density at radius 3 is 2.55 bits per heavy atom. The Morgan fingerprint density at radius 1 is 1.23 bits per heavy atom. The molecular formula is C21H28N6O4. The molecule has 1 saturated heterocycles. The third-order valence-corrected chi connectivity index (χ3v) is 5.24. The Bertz CT molecular complexity index is 955. The van der Waals surface area contributed by atoms with Gasteiger partial charge in [-0.1, -0.05) is 19.1 Å². The highest BCUT2D eigenvalue weighted by Gasteiger charge is 2.34. The predicted octanol–water partition coefficient (Wildman–Crippen LogP) is 1.05. The standard InChI is InChI=1S/C21H28N6O4/c1-5-16-13(3)23-21(25-18(16)28)27-17(10-12(2)26-27)24-20(30)19(29)22-11-14-6-8-15(31-4)9-7-14/h6-10,13,16,21,23H,5,11H2,1-4H3,(H,22,29)(H,24,30)(H,25,28). The molecule has 0 bridgehead atoms. The number of amides is 3. The average Bonchev–Trinajstić information content (AvgIpc) is 3.12. The molecule has 4 N–H and O–H groups in total. The zero-order chi connectivity index (χ0) is 22.5. The summed E-state index contributed by atoms with van der Waals surface area (Å²) in [5, 5.41) is 15.7. The van der Waals surface area contributed by atoms with E-state index in [0.29, 0.717) is 23.7 Å². The molecule has 2 aromatic rings. The van der Waals surface area contributed by atoms with Crippen LogP contribution in [0.4, 0.5) is 5.82 Å². The number of carbonyl (C=O) groups is 3. The van der Waals surface area contributed by atoms with Gasteiger partial charge in [-0.05, 0) is 38.0 Å². The largest absolute Gasteiger partial charge is 0.497 e. The smallest absolute Gasteiger partial charge is 0.314 e. The van der Waals surface area contributed by atoms with Gasteiger partial charge in [-0.3, -0.25) is 19.7 Å². The minimum Gasteiger partial charge on any atom is -0.497 e. The first-order chi connectivity index (χ1) is 14.8. The summed E-state index contributed by atoms with van der Waals surface area (Å²) in [6.45, 7) is 5.85. The average molecular weight is 428 g/mol. The van der Waals surface area contributed by atoms with Gasteiger partial charge in [-0.15, -0.1) is 0 Å². The lowest BCUT2D eigenvalue weighted by Gasteiger charge is -2.35. The zero-order valence-electron chi connectivity index (χ0n) is 18.1. The van der Waals surface area contributed by atoms with E-state index in [0.717, 1.165) is 5.56 Å². The molecule has 3 amide bonds. The Hall–Kier alpha value is -3.40. The van der Waals surface area contributed by atoms with Gasteiger partial charge in [0.05, 0.1) is 18.7 Å². The van der Waals surface area contributed by atoms with Crippen LogP contribution in [0.25, 0.3) is 0 Å². The van der Waals surface area contributed by atoms with Crippen LogP contribution in [0.5, 0.6) is 5.75 Å². The number of nitrogens with one attached hydrogen (secondary N) is 4. The molecule has 1 aliphatic heterocycles. The summed E-state index contributed by atoms with van der Waals surface area (Å²) >= 11 is 0. The van der Waals surface area contributed by atoms with Crippen LogP contribution in [0, 0.1) is 12.8 Å². The van der Waals surface area contributed by atoms with E-state index in [1.165, 1.54) is 4.68 Å². The second-order valence-corrected chi connectivity index (χ2v) is 7.48. The van der Waals surface area contributed by atoms with Crippen molar-refractivity contribution < 1.29 is 19.1 Å². The van der Waals surface area contributed by atoms with Crippen LogP contribution in [0.3, 0.4) is 0 Å². The van der Waals surface area contributed by atoms with Crippen LogP contribution in [0.15, 0.2) is 30.3 Å². The maximum Gasteiger partial charge on any atom is 0.314 e.